The van der Waals surface area contributed by atoms with Gasteiger partial charge in [-0.2, -0.15) is 0 Å². The molecule has 0 saturated carbocycles. The number of aromatic hydroxyl groups is 2. The topological polar surface area (TPSA) is 97.3 Å². The molecule has 1 aromatic heterocycles. The van der Waals surface area contributed by atoms with Crippen LogP contribution in [0.5, 0.6) is 11.5 Å². The molecule has 0 atom stereocenters. The molecule has 0 aliphatic heterocycles. The van der Waals surface area contributed by atoms with Crippen molar-refractivity contribution < 1.29 is 10.2 Å². The molecule has 0 fully saturated rings. The Bertz CT molecular complexity index is 540. The van der Waals surface area contributed by atoms with Crippen LogP contribution in [0.3, 0.4) is 0 Å². The predicted molar refractivity (Wildman–Crippen MR) is 67.8 cm³/mol. The maximum Gasteiger partial charge on any atom is 0.226 e. The predicted octanol–water partition coefficient (Wildman–Crippen LogP) is 0.894. The van der Waals surface area contributed by atoms with Crippen molar-refractivity contribution in [2.24, 2.45) is 0 Å². The van der Waals surface area contributed by atoms with E-state index in [-0.39, 0.29) is 11.5 Å². The lowest BCUT2D eigenvalue weighted by Gasteiger charge is -2.15. The van der Waals surface area contributed by atoms with Crippen LogP contribution >= 0.6 is 0 Å². The number of H-pyrrole nitrogens is 1. The molecule has 0 spiro atoms. The Kier molecular flexibility index (Phi) is 3.22. The van der Waals surface area contributed by atoms with Gasteiger partial charge >= 0.3 is 0 Å². The van der Waals surface area contributed by atoms with Crippen molar-refractivity contribution in [3.63, 3.8) is 0 Å². The number of hydrogen-bond donors (Lipinski definition) is 4. The van der Waals surface area contributed by atoms with Crippen LogP contribution in [0.1, 0.15) is 5.56 Å². The first-order chi connectivity index (χ1) is 8.60. The molecule has 7 nitrogen and oxygen atoms in total. The number of nitrogens with one attached hydrogen (secondary N) is 2. The van der Waals surface area contributed by atoms with Crippen molar-refractivity contribution in [1.82, 2.24) is 15.2 Å². The SMILES string of the molecule is CNc1nnc(N(C)Cc2ccc(O)c(O)c2)[nH]1. The number of anilines is 2. The highest BCUT2D eigenvalue weighted by atomic mass is 16.3. The van der Waals surface area contributed by atoms with E-state index in [1.807, 2.05) is 11.9 Å². The van der Waals surface area contributed by atoms with E-state index in [9.17, 15) is 10.2 Å². The zero-order valence-corrected chi connectivity index (χ0v) is 10.2. The van der Waals surface area contributed by atoms with Crippen LogP contribution in [-0.2, 0) is 6.54 Å². The Morgan fingerprint density at radius 1 is 1.28 bits per heavy atom. The summed E-state index contributed by atoms with van der Waals surface area (Å²) in [5.74, 6) is 0.949. The Hall–Kier alpha value is -2.44. The summed E-state index contributed by atoms with van der Waals surface area (Å²) in [6, 6.07) is 4.71. The Labute approximate surface area is 104 Å². The Morgan fingerprint density at radius 2 is 2.06 bits per heavy atom. The maximum atomic E-state index is 9.41. The number of nitrogens with zero attached hydrogens (tertiary/aromatic N) is 3. The van der Waals surface area contributed by atoms with Gasteiger partial charge in [0.15, 0.2) is 11.5 Å². The number of rotatable bonds is 4. The lowest BCUT2D eigenvalue weighted by molar-refractivity contribution is 0.403. The highest BCUT2D eigenvalue weighted by Crippen LogP contribution is 2.25. The molecule has 4 N–H and O–H groups in total. The van der Waals surface area contributed by atoms with Gasteiger partial charge in [0.05, 0.1) is 0 Å². The van der Waals surface area contributed by atoms with E-state index in [0.717, 1.165) is 5.56 Å². The first-order valence-corrected chi connectivity index (χ1v) is 5.42. The molecule has 0 aliphatic rings. The summed E-state index contributed by atoms with van der Waals surface area (Å²) < 4.78 is 0. The molecule has 1 heterocycles. The lowest BCUT2D eigenvalue weighted by Crippen LogP contribution is -2.17. The normalized spacial score (nSPS) is 10.3. The number of hydrogen-bond acceptors (Lipinski definition) is 6. The van der Waals surface area contributed by atoms with Gasteiger partial charge in [-0.05, 0) is 17.7 Å². The molecule has 0 saturated heterocycles. The summed E-state index contributed by atoms with van der Waals surface area (Å²) in [4.78, 5) is 4.84. The molecule has 2 aromatic rings. The van der Waals surface area contributed by atoms with Crippen molar-refractivity contribution >= 4 is 11.9 Å². The number of aromatic amines is 1. The second-order valence-electron chi connectivity index (χ2n) is 3.93. The molecular formula is C11H15N5O2. The van der Waals surface area contributed by atoms with Gasteiger partial charge in [-0.15, -0.1) is 10.2 Å². The molecule has 1 aromatic carbocycles. The fourth-order valence-corrected chi connectivity index (χ4v) is 1.55. The zero-order valence-electron chi connectivity index (χ0n) is 10.2. The third-order valence-corrected chi connectivity index (χ3v) is 2.53. The quantitative estimate of drug-likeness (QED) is 0.601. The van der Waals surface area contributed by atoms with E-state index >= 15 is 0 Å². The average Bonchev–Trinajstić information content (AvgIpc) is 2.82. The van der Waals surface area contributed by atoms with E-state index in [1.54, 1.807) is 13.1 Å². The molecule has 0 amide bonds. The molecule has 0 bridgehead atoms. The molecule has 0 unspecified atom stereocenters. The standard InChI is InChI=1S/C11H15N5O2/c1-12-10-13-11(15-14-10)16(2)6-7-3-4-8(17)9(18)5-7/h3-5,17-18H,6H2,1-2H3,(H2,12,13,14,15). The summed E-state index contributed by atoms with van der Waals surface area (Å²) in [7, 11) is 3.60. The summed E-state index contributed by atoms with van der Waals surface area (Å²) >= 11 is 0. The second-order valence-corrected chi connectivity index (χ2v) is 3.93. The third-order valence-electron chi connectivity index (χ3n) is 2.53. The summed E-state index contributed by atoms with van der Waals surface area (Å²) in [6.07, 6.45) is 0. The first kappa shape index (κ1) is 12.0. The summed E-state index contributed by atoms with van der Waals surface area (Å²) in [5, 5.41) is 29.3. The van der Waals surface area contributed by atoms with E-state index in [2.05, 4.69) is 20.5 Å². The third kappa shape index (κ3) is 2.45. The fraction of sp³-hybridized carbons (Fsp3) is 0.273. The molecule has 0 aliphatic carbocycles. The van der Waals surface area contributed by atoms with E-state index in [1.165, 1.54) is 12.1 Å². The van der Waals surface area contributed by atoms with Crippen molar-refractivity contribution in [2.45, 2.75) is 6.54 Å². The van der Waals surface area contributed by atoms with Crippen molar-refractivity contribution in [3.8, 4) is 11.5 Å². The minimum Gasteiger partial charge on any atom is -0.504 e. The van der Waals surface area contributed by atoms with Crippen molar-refractivity contribution in [2.75, 3.05) is 24.3 Å². The first-order valence-electron chi connectivity index (χ1n) is 5.42. The molecule has 7 heteroatoms. The van der Waals surface area contributed by atoms with Crippen LogP contribution in [0.2, 0.25) is 0 Å². The maximum absolute atomic E-state index is 9.41. The van der Waals surface area contributed by atoms with Crippen molar-refractivity contribution in [1.29, 1.82) is 0 Å². The van der Waals surface area contributed by atoms with Crippen LogP contribution < -0.4 is 10.2 Å². The molecule has 96 valence electrons. The lowest BCUT2D eigenvalue weighted by atomic mass is 10.2. The van der Waals surface area contributed by atoms with Gasteiger partial charge in [0.25, 0.3) is 0 Å². The highest BCUT2D eigenvalue weighted by molar-refractivity contribution is 5.42. The van der Waals surface area contributed by atoms with Crippen LogP contribution in [0.4, 0.5) is 11.9 Å². The number of aromatic nitrogens is 3. The van der Waals surface area contributed by atoms with Crippen molar-refractivity contribution in [3.05, 3.63) is 23.8 Å². The fourth-order valence-electron chi connectivity index (χ4n) is 1.55. The van der Waals surface area contributed by atoms with Gasteiger partial charge in [-0.1, -0.05) is 6.07 Å². The van der Waals surface area contributed by atoms with Crippen LogP contribution in [0.15, 0.2) is 18.2 Å². The van der Waals surface area contributed by atoms with Gasteiger partial charge in [0.1, 0.15) is 0 Å². The minimum atomic E-state index is -0.130. The van der Waals surface area contributed by atoms with Gasteiger partial charge in [0.2, 0.25) is 11.9 Å². The second kappa shape index (κ2) is 4.82. The van der Waals surface area contributed by atoms with E-state index < -0.39 is 0 Å². The van der Waals surface area contributed by atoms with E-state index in [0.29, 0.717) is 18.4 Å². The van der Waals surface area contributed by atoms with E-state index in [4.69, 9.17) is 0 Å². The van der Waals surface area contributed by atoms with Crippen LogP contribution in [0.25, 0.3) is 0 Å². The monoisotopic (exact) mass is 249 g/mol. The number of benzene rings is 1. The Balaban J connectivity index is 2.10. The van der Waals surface area contributed by atoms with Gasteiger partial charge in [0, 0.05) is 20.6 Å². The molecule has 0 radical (unpaired) electrons. The smallest absolute Gasteiger partial charge is 0.226 e. The zero-order chi connectivity index (χ0) is 13.1. The van der Waals surface area contributed by atoms with Gasteiger partial charge in [-0.3, -0.25) is 4.98 Å². The Morgan fingerprint density at radius 3 is 2.67 bits per heavy atom. The average molecular weight is 249 g/mol. The summed E-state index contributed by atoms with van der Waals surface area (Å²) in [5.41, 5.74) is 0.857. The molecule has 18 heavy (non-hydrogen) atoms. The van der Waals surface area contributed by atoms with Gasteiger partial charge < -0.3 is 20.4 Å². The van der Waals surface area contributed by atoms with Gasteiger partial charge in [-0.25, -0.2) is 0 Å². The highest BCUT2D eigenvalue weighted by Gasteiger charge is 2.08. The number of phenols is 2. The van der Waals surface area contributed by atoms with Crippen LogP contribution in [-0.4, -0.2) is 39.5 Å². The molecular weight excluding hydrogens is 234 g/mol. The number of phenolic OH excluding ortho intramolecular Hbond substituents is 2. The summed E-state index contributed by atoms with van der Waals surface area (Å²) in [6.45, 7) is 0.534. The largest absolute Gasteiger partial charge is 0.504 e. The molecule has 2 rings (SSSR count). The van der Waals surface area contributed by atoms with Crippen LogP contribution in [0, 0.1) is 0 Å². The minimum absolute atomic E-state index is 0.126.